The molecule has 0 radical (unpaired) electrons. The number of aryl methyl sites for hydroxylation is 1. The summed E-state index contributed by atoms with van der Waals surface area (Å²) in [5, 5.41) is 4.22. The summed E-state index contributed by atoms with van der Waals surface area (Å²) in [6.45, 7) is 7.77. The van der Waals surface area contributed by atoms with Crippen molar-refractivity contribution in [2.45, 2.75) is 46.4 Å². The van der Waals surface area contributed by atoms with Crippen LogP contribution in [0.1, 0.15) is 37.0 Å². The Balaban J connectivity index is 2.04. The first-order valence-corrected chi connectivity index (χ1v) is 8.16. The minimum Gasteiger partial charge on any atom is -0.489 e. The van der Waals surface area contributed by atoms with Gasteiger partial charge in [0, 0.05) is 23.2 Å². The highest BCUT2D eigenvalue weighted by atomic mass is 35.5. The molecule has 0 aliphatic carbocycles. The van der Waals surface area contributed by atoms with Crippen LogP contribution >= 0.6 is 11.6 Å². The largest absolute Gasteiger partial charge is 0.489 e. The number of hydrogen-bond donors (Lipinski definition) is 1. The fourth-order valence-corrected chi connectivity index (χ4v) is 2.30. The Kier molecular flexibility index (Phi) is 6.29. The average molecular weight is 318 g/mol. The van der Waals surface area contributed by atoms with Crippen LogP contribution in [0.15, 0.2) is 42.5 Å². The van der Waals surface area contributed by atoms with Gasteiger partial charge in [-0.15, -0.1) is 0 Å². The van der Waals surface area contributed by atoms with Gasteiger partial charge < -0.3 is 10.1 Å². The molecule has 2 nitrogen and oxygen atoms in total. The van der Waals surface area contributed by atoms with Gasteiger partial charge in [0.05, 0.1) is 0 Å². The van der Waals surface area contributed by atoms with Crippen LogP contribution in [0.3, 0.4) is 0 Å². The van der Waals surface area contributed by atoms with Gasteiger partial charge in [-0.05, 0) is 44.0 Å². The lowest BCUT2D eigenvalue weighted by Crippen LogP contribution is -2.24. The van der Waals surface area contributed by atoms with E-state index in [-0.39, 0.29) is 0 Å². The summed E-state index contributed by atoms with van der Waals surface area (Å²) < 4.78 is 5.99. The quantitative estimate of drug-likeness (QED) is 0.765. The van der Waals surface area contributed by atoms with Gasteiger partial charge in [-0.1, -0.05) is 48.4 Å². The van der Waals surface area contributed by atoms with Crippen molar-refractivity contribution in [2.75, 3.05) is 0 Å². The van der Waals surface area contributed by atoms with Crippen LogP contribution in [0, 0.1) is 6.92 Å². The predicted octanol–water partition coefficient (Wildman–Crippen LogP) is 5.12. The predicted molar refractivity (Wildman–Crippen MR) is 93.6 cm³/mol. The second-order valence-electron chi connectivity index (χ2n) is 5.72. The van der Waals surface area contributed by atoms with Crippen molar-refractivity contribution in [3.8, 4) is 5.75 Å². The highest BCUT2D eigenvalue weighted by molar-refractivity contribution is 6.30. The van der Waals surface area contributed by atoms with E-state index in [1.807, 2.05) is 18.2 Å². The fourth-order valence-electron chi connectivity index (χ4n) is 2.10. The zero-order valence-electron chi connectivity index (χ0n) is 13.5. The maximum atomic E-state index is 6.12. The van der Waals surface area contributed by atoms with E-state index in [2.05, 4.69) is 50.4 Å². The van der Waals surface area contributed by atoms with Crippen LogP contribution in [0.2, 0.25) is 5.02 Å². The number of nitrogens with one attached hydrogen (secondary N) is 1. The first-order chi connectivity index (χ1) is 10.6. The topological polar surface area (TPSA) is 21.3 Å². The lowest BCUT2D eigenvalue weighted by atomic mass is 10.1. The Bertz CT molecular complexity index is 595. The molecule has 0 unspecified atom stereocenters. The number of benzene rings is 2. The first-order valence-electron chi connectivity index (χ1n) is 7.78. The molecular weight excluding hydrogens is 294 g/mol. The Labute approximate surface area is 138 Å². The van der Waals surface area contributed by atoms with Crippen molar-refractivity contribution < 1.29 is 4.74 Å². The molecule has 22 heavy (non-hydrogen) atoms. The van der Waals surface area contributed by atoms with E-state index in [0.717, 1.165) is 29.3 Å². The fraction of sp³-hybridized carbons (Fsp3) is 0.368. The maximum absolute atomic E-state index is 6.12. The summed E-state index contributed by atoms with van der Waals surface area (Å²) >= 11 is 6.12. The monoisotopic (exact) mass is 317 g/mol. The van der Waals surface area contributed by atoms with Crippen LogP contribution in [0.5, 0.6) is 5.75 Å². The standard InChI is InChI=1S/C19H24ClNO/c1-4-15(3)21-12-17-11-18(20)9-10-19(17)22-13-16-7-5-14(2)6-8-16/h5-11,15,21H,4,12-13H2,1-3H3/t15-/m1/s1. The lowest BCUT2D eigenvalue weighted by molar-refractivity contribution is 0.301. The normalized spacial score (nSPS) is 12.2. The summed E-state index contributed by atoms with van der Waals surface area (Å²) in [4.78, 5) is 0. The molecule has 0 saturated heterocycles. The summed E-state index contributed by atoms with van der Waals surface area (Å²) in [5.41, 5.74) is 3.52. The number of hydrogen-bond acceptors (Lipinski definition) is 2. The molecule has 0 spiro atoms. The molecule has 2 aromatic rings. The molecule has 1 atom stereocenters. The van der Waals surface area contributed by atoms with Gasteiger partial charge in [0.1, 0.15) is 12.4 Å². The number of rotatable bonds is 7. The van der Waals surface area contributed by atoms with E-state index >= 15 is 0 Å². The molecule has 0 aliphatic rings. The second-order valence-corrected chi connectivity index (χ2v) is 6.15. The Morgan fingerprint density at radius 1 is 1.14 bits per heavy atom. The highest BCUT2D eigenvalue weighted by Gasteiger charge is 2.07. The molecule has 0 aliphatic heterocycles. The maximum Gasteiger partial charge on any atom is 0.124 e. The molecule has 0 amide bonds. The molecule has 1 N–H and O–H groups in total. The van der Waals surface area contributed by atoms with Gasteiger partial charge in [-0.25, -0.2) is 0 Å². The van der Waals surface area contributed by atoms with E-state index in [4.69, 9.17) is 16.3 Å². The average Bonchev–Trinajstić information content (AvgIpc) is 2.53. The molecule has 0 fully saturated rings. The number of ether oxygens (including phenoxy) is 1. The minimum atomic E-state index is 0.476. The van der Waals surface area contributed by atoms with Gasteiger partial charge in [-0.3, -0.25) is 0 Å². The second kappa shape index (κ2) is 8.21. The van der Waals surface area contributed by atoms with Gasteiger partial charge in [0.25, 0.3) is 0 Å². The van der Waals surface area contributed by atoms with Gasteiger partial charge >= 0.3 is 0 Å². The molecule has 0 aromatic heterocycles. The molecule has 118 valence electrons. The molecule has 0 bridgehead atoms. The summed E-state index contributed by atoms with van der Waals surface area (Å²) in [6.07, 6.45) is 1.10. The Morgan fingerprint density at radius 3 is 2.55 bits per heavy atom. The molecule has 0 heterocycles. The van der Waals surface area contributed by atoms with Crippen molar-refractivity contribution in [1.82, 2.24) is 5.32 Å². The van der Waals surface area contributed by atoms with Crippen LogP contribution in [0.25, 0.3) is 0 Å². The molecule has 2 aromatic carbocycles. The minimum absolute atomic E-state index is 0.476. The van der Waals surface area contributed by atoms with E-state index in [1.165, 1.54) is 11.1 Å². The zero-order valence-corrected chi connectivity index (χ0v) is 14.3. The van der Waals surface area contributed by atoms with E-state index in [1.54, 1.807) is 0 Å². The SMILES string of the molecule is CC[C@@H](C)NCc1cc(Cl)ccc1OCc1ccc(C)cc1. The van der Waals surface area contributed by atoms with Crippen molar-refractivity contribution in [3.05, 3.63) is 64.2 Å². The number of halogens is 1. The third-order valence-electron chi connectivity index (χ3n) is 3.79. The van der Waals surface area contributed by atoms with Crippen molar-refractivity contribution in [1.29, 1.82) is 0 Å². The summed E-state index contributed by atoms with van der Waals surface area (Å²) in [6, 6.07) is 14.7. The lowest BCUT2D eigenvalue weighted by Gasteiger charge is -2.15. The van der Waals surface area contributed by atoms with Crippen molar-refractivity contribution in [3.63, 3.8) is 0 Å². The van der Waals surface area contributed by atoms with Gasteiger partial charge in [-0.2, -0.15) is 0 Å². The Morgan fingerprint density at radius 2 is 1.86 bits per heavy atom. The smallest absolute Gasteiger partial charge is 0.124 e. The molecule has 3 heteroatoms. The van der Waals surface area contributed by atoms with E-state index in [9.17, 15) is 0 Å². The van der Waals surface area contributed by atoms with Gasteiger partial charge in [0.15, 0.2) is 0 Å². The van der Waals surface area contributed by atoms with E-state index in [0.29, 0.717) is 12.6 Å². The Hall–Kier alpha value is -1.51. The van der Waals surface area contributed by atoms with Crippen LogP contribution in [-0.4, -0.2) is 6.04 Å². The van der Waals surface area contributed by atoms with E-state index < -0.39 is 0 Å². The molecular formula is C19H24ClNO. The zero-order chi connectivity index (χ0) is 15.9. The first kappa shape index (κ1) is 16.9. The molecule has 2 rings (SSSR count). The third-order valence-corrected chi connectivity index (χ3v) is 4.03. The van der Waals surface area contributed by atoms with Crippen molar-refractivity contribution >= 4 is 11.6 Å². The van der Waals surface area contributed by atoms with Crippen LogP contribution in [-0.2, 0) is 13.2 Å². The van der Waals surface area contributed by atoms with Crippen LogP contribution in [0.4, 0.5) is 0 Å². The van der Waals surface area contributed by atoms with Crippen molar-refractivity contribution in [2.24, 2.45) is 0 Å². The third kappa shape index (κ3) is 5.04. The summed E-state index contributed by atoms with van der Waals surface area (Å²) in [5.74, 6) is 0.890. The highest BCUT2D eigenvalue weighted by Crippen LogP contribution is 2.24. The molecule has 0 saturated carbocycles. The summed E-state index contributed by atoms with van der Waals surface area (Å²) in [7, 11) is 0. The van der Waals surface area contributed by atoms with Crippen LogP contribution < -0.4 is 10.1 Å². The van der Waals surface area contributed by atoms with Gasteiger partial charge in [0.2, 0.25) is 0 Å².